The number of carbonyl (C=O) groups excluding carboxylic acids is 2. The van der Waals surface area contributed by atoms with Gasteiger partial charge in [-0.1, -0.05) is 30.3 Å². The minimum absolute atomic E-state index is 0.286. The molecular formula is C23H20N2O3S. The van der Waals surface area contributed by atoms with Gasteiger partial charge in [0, 0.05) is 16.6 Å². The summed E-state index contributed by atoms with van der Waals surface area (Å²) in [4.78, 5) is 28.7. The number of hydrogen-bond acceptors (Lipinski definition) is 5. The molecule has 4 rings (SSSR count). The summed E-state index contributed by atoms with van der Waals surface area (Å²) >= 11 is 1.43. The summed E-state index contributed by atoms with van der Waals surface area (Å²) in [6.45, 7) is 4.35. The van der Waals surface area contributed by atoms with Gasteiger partial charge in [0.05, 0.1) is 17.9 Å². The van der Waals surface area contributed by atoms with Crippen molar-refractivity contribution in [3.63, 3.8) is 0 Å². The molecule has 1 aromatic heterocycles. The van der Waals surface area contributed by atoms with E-state index in [2.05, 4.69) is 5.32 Å². The molecule has 2 amide bonds. The number of ether oxygens (including phenoxy) is 1. The van der Waals surface area contributed by atoms with Crippen LogP contribution in [0, 0.1) is 6.92 Å². The Morgan fingerprint density at radius 2 is 1.83 bits per heavy atom. The zero-order valence-corrected chi connectivity index (χ0v) is 17.0. The van der Waals surface area contributed by atoms with E-state index in [1.54, 1.807) is 24.3 Å². The summed E-state index contributed by atoms with van der Waals surface area (Å²) in [6, 6.07) is 18.4. The third-order valence-corrected chi connectivity index (χ3v) is 5.53. The zero-order valence-electron chi connectivity index (χ0n) is 16.1. The summed E-state index contributed by atoms with van der Waals surface area (Å²) in [5.74, 6) is -0.110. The highest BCUT2D eigenvalue weighted by atomic mass is 32.1. The monoisotopic (exact) mass is 404 g/mol. The van der Waals surface area contributed by atoms with Crippen molar-refractivity contribution in [1.29, 1.82) is 0 Å². The van der Waals surface area contributed by atoms with Gasteiger partial charge in [0.25, 0.3) is 11.8 Å². The predicted molar refractivity (Wildman–Crippen MR) is 116 cm³/mol. The maximum Gasteiger partial charge on any atom is 0.282 e. The SMILES string of the molecule is CCOc1cccc(N2C(=O)C(Nc3ccccc3C)=C(c3cccs3)C2=O)c1. The van der Waals surface area contributed by atoms with Crippen LogP contribution in [0.4, 0.5) is 11.4 Å². The van der Waals surface area contributed by atoms with Gasteiger partial charge in [-0.15, -0.1) is 11.3 Å². The van der Waals surface area contributed by atoms with Crippen LogP contribution in [0.15, 0.2) is 71.7 Å². The fourth-order valence-electron chi connectivity index (χ4n) is 3.26. The molecule has 0 saturated carbocycles. The molecule has 1 aliphatic heterocycles. The number of carbonyl (C=O) groups is 2. The summed E-state index contributed by atoms with van der Waals surface area (Å²) in [5.41, 5.74) is 2.94. The zero-order chi connectivity index (χ0) is 20.4. The summed E-state index contributed by atoms with van der Waals surface area (Å²) < 4.78 is 5.54. The molecule has 29 heavy (non-hydrogen) atoms. The van der Waals surface area contributed by atoms with Crippen LogP contribution in [-0.4, -0.2) is 18.4 Å². The number of para-hydroxylation sites is 1. The van der Waals surface area contributed by atoms with E-state index in [9.17, 15) is 9.59 Å². The van der Waals surface area contributed by atoms with Crippen LogP contribution >= 0.6 is 11.3 Å². The summed E-state index contributed by atoms with van der Waals surface area (Å²) in [6.07, 6.45) is 0. The first kappa shape index (κ1) is 19.0. The molecule has 0 atom stereocenters. The van der Waals surface area contributed by atoms with E-state index in [1.807, 2.05) is 55.6 Å². The topological polar surface area (TPSA) is 58.6 Å². The minimum atomic E-state index is -0.379. The van der Waals surface area contributed by atoms with Crippen LogP contribution < -0.4 is 15.0 Å². The lowest BCUT2D eigenvalue weighted by Crippen LogP contribution is -2.32. The van der Waals surface area contributed by atoms with Gasteiger partial charge in [0.2, 0.25) is 0 Å². The summed E-state index contributed by atoms with van der Waals surface area (Å²) in [7, 11) is 0. The van der Waals surface area contributed by atoms with E-state index < -0.39 is 0 Å². The third kappa shape index (κ3) is 3.54. The predicted octanol–water partition coefficient (Wildman–Crippen LogP) is 4.85. The first-order chi connectivity index (χ1) is 14.1. The van der Waals surface area contributed by atoms with Gasteiger partial charge in [-0.25, -0.2) is 4.90 Å². The normalized spacial score (nSPS) is 13.9. The lowest BCUT2D eigenvalue weighted by Gasteiger charge is -2.16. The lowest BCUT2D eigenvalue weighted by molar-refractivity contribution is -0.120. The highest BCUT2D eigenvalue weighted by molar-refractivity contribution is 7.11. The molecule has 6 heteroatoms. The Kier molecular flexibility index (Phi) is 5.18. The smallest absolute Gasteiger partial charge is 0.282 e. The molecule has 0 saturated heterocycles. The molecule has 1 aliphatic rings. The van der Waals surface area contributed by atoms with Crippen LogP contribution in [0.2, 0.25) is 0 Å². The fourth-order valence-corrected chi connectivity index (χ4v) is 4.02. The van der Waals surface area contributed by atoms with Crippen LogP contribution in [-0.2, 0) is 9.59 Å². The van der Waals surface area contributed by atoms with Crippen molar-refractivity contribution in [2.45, 2.75) is 13.8 Å². The van der Waals surface area contributed by atoms with E-state index in [-0.39, 0.29) is 17.5 Å². The van der Waals surface area contributed by atoms with E-state index in [1.165, 1.54) is 16.2 Å². The Morgan fingerprint density at radius 3 is 2.55 bits per heavy atom. The number of anilines is 2. The molecule has 1 N–H and O–H groups in total. The van der Waals surface area contributed by atoms with Gasteiger partial charge in [-0.05, 0) is 49.1 Å². The largest absolute Gasteiger partial charge is 0.494 e. The Balaban J connectivity index is 1.78. The Hall–Kier alpha value is -3.38. The lowest BCUT2D eigenvalue weighted by atomic mass is 10.1. The number of aryl methyl sites for hydroxylation is 1. The van der Waals surface area contributed by atoms with Crippen LogP contribution in [0.5, 0.6) is 5.75 Å². The molecule has 2 heterocycles. The Morgan fingerprint density at radius 1 is 1.00 bits per heavy atom. The number of imide groups is 1. The van der Waals surface area contributed by atoms with Gasteiger partial charge in [0.15, 0.2) is 0 Å². The average molecular weight is 404 g/mol. The van der Waals surface area contributed by atoms with E-state index >= 15 is 0 Å². The number of hydrogen-bond donors (Lipinski definition) is 1. The highest BCUT2D eigenvalue weighted by Crippen LogP contribution is 2.36. The number of nitrogens with one attached hydrogen (secondary N) is 1. The number of rotatable bonds is 6. The second-order valence-corrected chi connectivity index (χ2v) is 7.49. The van der Waals surface area contributed by atoms with Crippen molar-refractivity contribution in [2.24, 2.45) is 0 Å². The molecule has 0 aliphatic carbocycles. The molecule has 3 aromatic rings. The van der Waals surface area contributed by atoms with Gasteiger partial charge in [0.1, 0.15) is 11.4 Å². The maximum absolute atomic E-state index is 13.4. The Bertz CT molecular complexity index is 1100. The van der Waals surface area contributed by atoms with Crippen LogP contribution in [0.25, 0.3) is 5.57 Å². The second-order valence-electron chi connectivity index (χ2n) is 6.54. The number of thiophene rings is 1. The molecule has 2 aromatic carbocycles. The molecule has 0 fully saturated rings. The van der Waals surface area contributed by atoms with Crippen LogP contribution in [0.1, 0.15) is 17.4 Å². The molecule has 0 radical (unpaired) electrons. The number of amides is 2. The fraction of sp³-hybridized carbons (Fsp3) is 0.130. The third-order valence-electron chi connectivity index (χ3n) is 4.64. The number of benzene rings is 2. The molecule has 146 valence electrons. The minimum Gasteiger partial charge on any atom is -0.494 e. The first-order valence-electron chi connectivity index (χ1n) is 9.32. The van der Waals surface area contributed by atoms with Crippen molar-refractivity contribution < 1.29 is 14.3 Å². The van der Waals surface area contributed by atoms with Crippen molar-refractivity contribution in [1.82, 2.24) is 0 Å². The van der Waals surface area contributed by atoms with E-state index in [4.69, 9.17) is 4.74 Å². The van der Waals surface area contributed by atoms with Gasteiger partial charge < -0.3 is 10.1 Å². The Labute approximate surface area is 173 Å². The van der Waals surface area contributed by atoms with Crippen molar-refractivity contribution >= 4 is 40.1 Å². The molecular weight excluding hydrogens is 384 g/mol. The van der Waals surface area contributed by atoms with Crippen molar-refractivity contribution in [2.75, 3.05) is 16.8 Å². The van der Waals surface area contributed by atoms with E-state index in [0.717, 1.165) is 16.1 Å². The standard InChI is InChI=1S/C23H20N2O3S/c1-3-28-17-10-6-9-16(14-17)25-22(26)20(19-12-7-13-29-19)21(23(25)27)24-18-11-5-4-8-15(18)2/h4-14,24H,3H2,1-2H3. The second kappa shape index (κ2) is 7.93. The summed E-state index contributed by atoms with van der Waals surface area (Å²) in [5, 5.41) is 5.10. The first-order valence-corrected chi connectivity index (χ1v) is 10.2. The molecule has 0 bridgehead atoms. The van der Waals surface area contributed by atoms with Crippen LogP contribution in [0.3, 0.4) is 0 Å². The molecule has 5 nitrogen and oxygen atoms in total. The maximum atomic E-state index is 13.4. The average Bonchev–Trinajstić information content (AvgIpc) is 3.31. The van der Waals surface area contributed by atoms with Crippen molar-refractivity contribution in [3.8, 4) is 5.75 Å². The molecule has 0 unspecified atom stereocenters. The van der Waals surface area contributed by atoms with Gasteiger partial charge in [-0.3, -0.25) is 9.59 Å². The highest BCUT2D eigenvalue weighted by Gasteiger charge is 2.40. The van der Waals surface area contributed by atoms with E-state index in [0.29, 0.717) is 23.6 Å². The quantitative estimate of drug-likeness (QED) is 0.597. The van der Waals surface area contributed by atoms with Crippen molar-refractivity contribution in [3.05, 3.63) is 82.2 Å². The van der Waals surface area contributed by atoms with Gasteiger partial charge >= 0.3 is 0 Å². The number of nitrogens with zero attached hydrogens (tertiary/aromatic N) is 1. The molecule has 0 spiro atoms. The van der Waals surface area contributed by atoms with Gasteiger partial charge in [-0.2, -0.15) is 0 Å².